The highest BCUT2D eigenvalue weighted by molar-refractivity contribution is 7.90. The van der Waals surface area contributed by atoms with E-state index in [1.807, 2.05) is 6.07 Å². The quantitative estimate of drug-likeness (QED) is 0.0715. The van der Waals surface area contributed by atoms with Gasteiger partial charge in [0.15, 0.2) is 0 Å². The van der Waals surface area contributed by atoms with Crippen LogP contribution in [0.2, 0.25) is 5.02 Å². The van der Waals surface area contributed by atoms with Gasteiger partial charge >= 0.3 is 0 Å². The number of likely N-dealkylation sites (tertiary alicyclic amines) is 1. The van der Waals surface area contributed by atoms with Crippen LogP contribution >= 0.6 is 11.6 Å². The zero-order valence-corrected chi connectivity index (χ0v) is 38.8. The number of sulfonamides is 1. The number of aromatic nitrogens is 2. The van der Waals surface area contributed by atoms with Crippen LogP contribution in [0.5, 0.6) is 11.5 Å². The fourth-order valence-corrected chi connectivity index (χ4v) is 10.5. The summed E-state index contributed by atoms with van der Waals surface area (Å²) >= 11 is 6.11. The number of carbonyl (C=O) groups excluding carboxylic acids is 1. The molecule has 0 unspecified atom stereocenters. The maximum atomic E-state index is 15.8. The van der Waals surface area contributed by atoms with Gasteiger partial charge in [-0.1, -0.05) is 49.2 Å². The van der Waals surface area contributed by atoms with Crippen LogP contribution in [0.1, 0.15) is 73.9 Å². The lowest BCUT2D eigenvalue weighted by molar-refractivity contribution is -0.384. The Labute approximate surface area is 392 Å². The molecule has 0 bridgehead atoms. The number of hydrogen-bond donors (Lipinski definition) is 3. The summed E-state index contributed by atoms with van der Waals surface area (Å²) in [5.41, 5.74) is 2.91. The minimum Gasteiger partial charge on any atom is -0.455 e. The first-order chi connectivity index (χ1) is 32.0. The predicted molar refractivity (Wildman–Crippen MR) is 253 cm³/mol. The van der Waals surface area contributed by atoms with Crippen LogP contribution in [0.3, 0.4) is 0 Å². The molecule has 1 amide bonds. The van der Waals surface area contributed by atoms with Crippen LogP contribution in [0, 0.1) is 21.3 Å². The number of ether oxygens (including phenoxy) is 2. The highest BCUT2D eigenvalue weighted by Gasteiger charge is 2.39. The average molecular weight is 957 g/mol. The average Bonchev–Trinajstić information content (AvgIpc) is 3.75. The summed E-state index contributed by atoms with van der Waals surface area (Å²) in [6.45, 7) is 8.56. The molecule has 352 valence electrons. The van der Waals surface area contributed by atoms with E-state index < -0.39 is 37.1 Å². The van der Waals surface area contributed by atoms with Crippen LogP contribution in [-0.4, -0.2) is 103 Å². The number of rotatable bonds is 14. The van der Waals surface area contributed by atoms with Crippen molar-refractivity contribution < 1.29 is 36.4 Å². The van der Waals surface area contributed by atoms with Gasteiger partial charge in [0, 0.05) is 67.5 Å². The third-order valence-electron chi connectivity index (χ3n) is 13.5. The molecule has 3 N–H and O–H groups in total. The molecule has 0 radical (unpaired) electrons. The molecule has 0 atom stereocenters. The number of alkyl halides is 1. The van der Waals surface area contributed by atoms with E-state index in [-0.39, 0.29) is 53.7 Å². The third-order valence-corrected chi connectivity index (χ3v) is 15.0. The smallest absolute Gasteiger partial charge is 0.293 e. The molecule has 4 aliphatic rings. The van der Waals surface area contributed by atoms with Gasteiger partial charge in [0.05, 0.1) is 40.8 Å². The normalized spacial score (nSPS) is 19.1. The molecule has 14 nitrogen and oxygen atoms in total. The molecule has 2 aromatic heterocycles. The predicted octanol–water partition coefficient (Wildman–Crippen LogP) is 9.54. The second kappa shape index (κ2) is 18.8. The van der Waals surface area contributed by atoms with Crippen LogP contribution in [0.15, 0.2) is 95.7 Å². The van der Waals surface area contributed by atoms with Crippen molar-refractivity contribution in [3.63, 3.8) is 0 Å². The molecule has 67 heavy (non-hydrogen) atoms. The Bertz CT molecular complexity index is 2910. The van der Waals surface area contributed by atoms with Gasteiger partial charge in [-0.3, -0.25) is 24.7 Å². The summed E-state index contributed by atoms with van der Waals surface area (Å²) in [5, 5.41) is 16.2. The van der Waals surface area contributed by atoms with Gasteiger partial charge < -0.3 is 19.8 Å². The second-order valence-corrected chi connectivity index (χ2v) is 20.9. The van der Waals surface area contributed by atoms with Crippen molar-refractivity contribution in [3.8, 4) is 11.5 Å². The monoisotopic (exact) mass is 955 g/mol. The number of nitrogens with zero attached hydrogens (tertiary/aromatic N) is 4. The second-order valence-electron chi connectivity index (χ2n) is 18.8. The van der Waals surface area contributed by atoms with E-state index in [2.05, 4.69) is 49.7 Å². The Balaban J connectivity index is 0.929. The molecule has 1 aliphatic carbocycles. The van der Waals surface area contributed by atoms with Crippen LogP contribution in [0.25, 0.3) is 22.2 Å². The van der Waals surface area contributed by atoms with Crippen molar-refractivity contribution in [3.05, 3.63) is 128 Å². The number of anilines is 1. The highest BCUT2D eigenvalue weighted by atomic mass is 35.5. The van der Waals surface area contributed by atoms with Crippen molar-refractivity contribution >= 4 is 61.1 Å². The first-order valence-corrected chi connectivity index (χ1v) is 24.3. The number of allylic oxidation sites excluding steroid dienone is 1. The Morgan fingerprint density at radius 3 is 2.57 bits per heavy atom. The van der Waals surface area contributed by atoms with E-state index in [0.717, 1.165) is 53.5 Å². The number of H-pyrrole nitrogens is 1. The summed E-state index contributed by atoms with van der Waals surface area (Å²) in [7, 11) is -4.67. The first kappa shape index (κ1) is 46.4. The van der Waals surface area contributed by atoms with Crippen molar-refractivity contribution in [2.45, 2.75) is 69.0 Å². The van der Waals surface area contributed by atoms with E-state index in [1.54, 1.807) is 36.5 Å². The molecule has 2 saturated heterocycles. The number of fused-ring (bicyclic) bond motifs is 1. The van der Waals surface area contributed by atoms with Crippen molar-refractivity contribution in [2.75, 3.05) is 57.8 Å². The summed E-state index contributed by atoms with van der Waals surface area (Å²) in [6.07, 6.45) is 9.07. The number of piperidine rings is 1. The number of nitrogens with one attached hydrogen (secondary N) is 3. The number of carbonyl (C=O) groups is 1. The van der Waals surface area contributed by atoms with Crippen molar-refractivity contribution in [1.29, 1.82) is 0 Å². The van der Waals surface area contributed by atoms with E-state index in [4.69, 9.17) is 21.1 Å². The van der Waals surface area contributed by atoms with Crippen LogP contribution in [-0.2, 0) is 14.8 Å². The Morgan fingerprint density at radius 2 is 1.85 bits per heavy atom. The van der Waals surface area contributed by atoms with Crippen molar-refractivity contribution in [1.82, 2.24) is 24.5 Å². The maximum absolute atomic E-state index is 15.8. The number of hydrogen-bond acceptors (Lipinski definition) is 11. The van der Waals surface area contributed by atoms with Gasteiger partial charge in [-0.15, -0.1) is 0 Å². The number of halogens is 3. The molecule has 0 spiro atoms. The number of nitro groups is 1. The SMILES string of the molecule is CC1(C)CCC(CN2CC=C(c3ccc(C(=O)NS(=O)(=O)c4ccc(NCC5(F)CCN(C6COC6)CC5)c([N+](=O)[O-])c4)c(Oc4cnc5[nH]ccc5c4)c3)CC2)=C(c2ccc(Cl)cc2F)C1. The Morgan fingerprint density at radius 1 is 1.04 bits per heavy atom. The standard InChI is InChI=1S/C49H52ClF2N7O7S/c1-48(2)13-9-34(41(25-48)39-7-4-35(50)23-42(39)51)27-57-17-11-31(12-18-57)32-3-6-40(45(22-32)66-37-21-33-10-16-53-46(33)54-26-37)47(60)56-67(63,64)38-5-8-43(44(24-38)59(61)62)55-30-49(52)14-19-58(20-15-49)36-28-65-29-36/h3-8,10-11,16,21-24,26,36,55H,9,12-15,17-20,25,27-30H2,1-2H3,(H,53,54)(H,56,60). The van der Waals surface area contributed by atoms with Crippen LogP contribution < -0.4 is 14.8 Å². The molecule has 5 aromatic rings. The van der Waals surface area contributed by atoms with E-state index in [1.165, 1.54) is 30.0 Å². The summed E-state index contributed by atoms with van der Waals surface area (Å²) < 4.78 is 72.2. The van der Waals surface area contributed by atoms with Gasteiger partial charge in [-0.05, 0) is 109 Å². The molecule has 18 heteroatoms. The van der Waals surface area contributed by atoms with Crippen molar-refractivity contribution in [2.24, 2.45) is 5.41 Å². The van der Waals surface area contributed by atoms with Gasteiger partial charge in [0.25, 0.3) is 21.6 Å². The summed E-state index contributed by atoms with van der Waals surface area (Å²) in [5.74, 6) is -0.986. The highest BCUT2D eigenvalue weighted by Crippen LogP contribution is 2.44. The Hall–Kier alpha value is -5.72. The van der Waals surface area contributed by atoms with Crippen LogP contribution in [0.4, 0.5) is 20.2 Å². The molecule has 0 saturated carbocycles. The fourth-order valence-electron chi connectivity index (χ4n) is 9.38. The summed E-state index contributed by atoms with van der Waals surface area (Å²) in [6, 6.07) is 16.8. The van der Waals surface area contributed by atoms with Gasteiger partial charge in [0.1, 0.15) is 34.3 Å². The lowest BCUT2D eigenvalue weighted by atomic mass is 9.72. The molecule has 9 rings (SSSR count). The first-order valence-electron chi connectivity index (χ1n) is 22.4. The minimum atomic E-state index is -4.67. The largest absolute Gasteiger partial charge is 0.455 e. The number of amides is 1. The lowest BCUT2D eigenvalue weighted by Crippen LogP contribution is -2.55. The maximum Gasteiger partial charge on any atom is 0.293 e. The molecular weight excluding hydrogens is 904 g/mol. The zero-order valence-electron chi connectivity index (χ0n) is 37.2. The third kappa shape index (κ3) is 10.4. The molecule has 5 heterocycles. The Kier molecular flexibility index (Phi) is 13.0. The van der Waals surface area contributed by atoms with Gasteiger partial charge in [0.2, 0.25) is 0 Å². The molecule has 3 aliphatic heterocycles. The van der Waals surface area contributed by atoms with E-state index in [9.17, 15) is 23.3 Å². The van der Waals surface area contributed by atoms with Gasteiger partial charge in [-0.2, -0.15) is 0 Å². The topological polar surface area (TPSA) is 172 Å². The molecular formula is C49H52ClF2N7O7S. The summed E-state index contributed by atoms with van der Waals surface area (Å²) in [4.78, 5) is 36.9. The number of benzene rings is 3. The van der Waals surface area contributed by atoms with E-state index in [0.29, 0.717) is 74.3 Å². The zero-order chi connectivity index (χ0) is 47.1. The van der Waals surface area contributed by atoms with Gasteiger partial charge in [-0.25, -0.2) is 26.9 Å². The fraction of sp³-hybridized carbons (Fsp3) is 0.388. The van der Waals surface area contributed by atoms with E-state index >= 15 is 8.78 Å². The molecule has 2 fully saturated rings. The minimum absolute atomic E-state index is 0.0338. The number of pyridine rings is 1. The molecule has 3 aromatic carbocycles. The number of aromatic amines is 1. The lowest BCUT2D eigenvalue weighted by Gasteiger charge is -2.43. The number of nitro benzene ring substituents is 1.